The molecule has 0 unspecified atom stereocenters. The third-order valence-electron chi connectivity index (χ3n) is 9.18. The van der Waals surface area contributed by atoms with Crippen molar-refractivity contribution in [1.29, 1.82) is 0 Å². The lowest BCUT2D eigenvalue weighted by Gasteiger charge is -2.42. The van der Waals surface area contributed by atoms with Crippen LogP contribution in [0.25, 0.3) is 0 Å². The first-order valence-corrected chi connectivity index (χ1v) is 18.2. The lowest BCUT2D eigenvalue weighted by molar-refractivity contribution is -0.461. The summed E-state index contributed by atoms with van der Waals surface area (Å²) in [5, 5.41) is 0. The van der Waals surface area contributed by atoms with Gasteiger partial charge in [-0.3, -0.25) is 4.79 Å². The maximum atomic E-state index is 14.3. The summed E-state index contributed by atoms with van der Waals surface area (Å²) in [6.45, 7) is 2.18. The van der Waals surface area contributed by atoms with Gasteiger partial charge in [0.2, 0.25) is 0 Å². The standard InChI is InChI=1S/C36H47F17O3/c1-3-4-5-6-7-8-9-10-11-12-13-14-15-16-17-20-28(54)56-26-22-21-25(24-27(26)55-2)19-18-23-29(37,38)30(39,40)31(41,42)32(43,44)33(45,46)34(47,48)35(49,50)36(51,52)53/h21-22,24H,3-20,23H2,1-2H3. The van der Waals surface area contributed by atoms with Crippen LogP contribution in [0.4, 0.5) is 74.6 Å². The molecule has 0 spiro atoms. The van der Waals surface area contributed by atoms with Gasteiger partial charge in [0.1, 0.15) is 0 Å². The molecule has 0 aliphatic carbocycles. The van der Waals surface area contributed by atoms with E-state index in [1.165, 1.54) is 57.8 Å². The quantitative estimate of drug-likeness (QED) is 0.0365. The molecular formula is C36H47F17O3. The molecule has 0 saturated heterocycles. The number of aryl methyl sites for hydroxylation is 1. The summed E-state index contributed by atoms with van der Waals surface area (Å²) in [4.78, 5) is 12.3. The molecule has 0 radical (unpaired) electrons. The Morgan fingerprint density at radius 2 is 0.893 bits per heavy atom. The predicted octanol–water partition coefficient (Wildman–Crippen LogP) is 14.2. The Hall–Kier alpha value is -2.70. The van der Waals surface area contributed by atoms with E-state index in [0.29, 0.717) is 6.42 Å². The number of carbonyl (C=O) groups excluding carboxylic acids is 1. The Kier molecular flexibility index (Phi) is 19.1. The first-order chi connectivity index (χ1) is 25.6. The maximum absolute atomic E-state index is 14.3. The predicted molar refractivity (Wildman–Crippen MR) is 172 cm³/mol. The molecule has 0 fully saturated rings. The van der Waals surface area contributed by atoms with Crippen molar-refractivity contribution in [3.8, 4) is 11.5 Å². The van der Waals surface area contributed by atoms with Crippen LogP contribution in [0.15, 0.2) is 18.2 Å². The summed E-state index contributed by atoms with van der Waals surface area (Å²) < 4.78 is 240. The summed E-state index contributed by atoms with van der Waals surface area (Å²) in [6.07, 6.45) is 4.17. The lowest BCUT2D eigenvalue weighted by atomic mass is 9.87. The van der Waals surface area contributed by atoms with Gasteiger partial charge in [0, 0.05) is 12.8 Å². The highest BCUT2D eigenvalue weighted by Crippen LogP contribution is 2.64. The Bertz CT molecular complexity index is 1330. The fourth-order valence-corrected chi connectivity index (χ4v) is 5.63. The zero-order valence-corrected chi connectivity index (χ0v) is 30.8. The number of halogens is 17. The molecule has 0 atom stereocenters. The average molecular weight is 851 g/mol. The molecule has 1 aromatic carbocycles. The van der Waals surface area contributed by atoms with Gasteiger partial charge in [-0.1, -0.05) is 103 Å². The molecule has 328 valence electrons. The third kappa shape index (κ3) is 12.2. The van der Waals surface area contributed by atoms with Crippen LogP contribution >= 0.6 is 0 Å². The van der Waals surface area contributed by atoms with Gasteiger partial charge < -0.3 is 9.47 Å². The second kappa shape index (κ2) is 20.8. The van der Waals surface area contributed by atoms with Gasteiger partial charge in [-0.25, -0.2) is 0 Å². The van der Waals surface area contributed by atoms with Crippen molar-refractivity contribution in [2.45, 2.75) is 177 Å². The second-order valence-electron chi connectivity index (χ2n) is 13.7. The summed E-state index contributed by atoms with van der Waals surface area (Å²) in [5.74, 6) is -57.5. The molecule has 0 amide bonds. The van der Waals surface area contributed by atoms with Crippen LogP contribution in [0.2, 0.25) is 0 Å². The number of alkyl halides is 17. The zero-order chi connectivity index (χ0) is 43.3. The highest BCUT2D eigenvalue weighted by atomic mass is 19.4. The molecule has 0 aliphatic rings. The Morgan fingerprint density at radius 1 is 0.500 bits per heavy atom. The Morgan fingerprint density at radius 3 is 1.30 bits per heavy atom. The van der Waals surface area contributed by atoms with E-state index in [-0.39, 0.29) is 23.5 Å². The monoisotopic (exact) mass is 850 g/mol. The molecule has 0 aromatic heterocycles. The van der Waals surface area contributed by atoms with Crippen LogP contribution in [0.1, 0.15) is 128 Å². The van der Waals surface area contributed by atoms with Crippen LogP contribution in [0, 0.1) is 0 Å². The molecule has 0 aliphatic heterocycles. The summed E-state index contributed by atoms with van der Waals surface area (Å²) in [6, 6.07) is 3.18. The number of benzene rings is 1. The van der Waals surface area contributed by atoms with E-state index in [0.717, 1.165) is 57.4 Å². The molecule has 1 aromatic rings. The minimum atomic E-state index is -8.66. The highest BCUT2D eigenvalue weighted by molar-refractivity contribution is 5.73. The van der Waals surface area contributed by atoms with Crippen molar-refractivity contribution in [3.63, 3.8) is 0 Å². The van der Waals surface area contributed by atoms with Crippen LogP contribution in [0.5, 0.6) is 11.5 Å². The number of esters is 1. The molecule has 20 heteroatoms. The molecule has 0 heterocycles. The first-order valence-electron chi connectivity index (χ1n) is 18.2. The number of rotatable bonds is 28. The topological polar surface area (TPSA) is 35.5 Å². The lowest BCUT2D eigenvalue weighted by Crippen LogP contribution is -2.74. The van der Waals surface area contributed by atoms with E-state index in [1.807, 2.05) is 0 Å². The molecule has 1 rings (SSSR count). The fourth-order valence-electron chi connectivity index (χ4n) is 5.63. The maximum Gasteiger partial charge on any atom is 0.460 e. The Balaban J connectivity index is 2.71. The number of carbonyl (C=O) groups is 1. The van der Waals surface area contributed by atoms with E-state index >= 15 is 0 Å². The van der Waals surface area contributed by atoms with Crippen LogP contribution in [0.3, 0.4) is 0 Å². The van der Waals surface area contributed by atoms with Gasteiger partial charge in [0.25, 0.3) is 0 Å². The largest absolute Gasteiger partial charge is 0.493 e. The summed E-state index contributed by atoms with van der Waals surface area (Å²) in [7, 11) is 1.08. The van der Waals surface area contributed by atoms with Gasteiger partial charge >= 0.3 is 53.6 Å². The molecule has 0 N–H and O–H groups in total. The van der Waals surface area contributed by atoms with Gasteiger partial charge in [-0.15, -0.1) is 0 Å². The highest BCUT2D eigenvalue weighted by Gasteiger charge is 2.95. The van der Waals surface area contributed by atoms with Gasteiger partial charge in [-0.05, 0) is 37.0 Å². The van der Waals surface area contributed by atoms with Crippen molar-refractivity contribution in [1.82, 2.24) is 0 Å². The molecular weight excluding hydrogens is 803 g/mol. The fraction of sp³-hybridized carbons (Fsp3) is 0.806. The van der Waals surface area contributed by atoms with Gasteiger partial charge in [-0.2, -0.15) is 74.6 Å². The average Bonchev–Trinajstić information content (AvgIpc) is 3.09. The SMILES string of the molecule is CCCCCCCCCCCCCCCCCC(=O)Oc1ccc(CCCC(F)(F)C(F)(F)C(F)(F)C(F)(F)C(F)(F)C(F)(F)C(F)(F)C(F)(F)F)cc1OC. The minimum absolute atomic E-state index is 0.0183. The second-order valence-corrected chi connectivity index (χ2v) is 13.7. The minimum Gasteiger partial charge on any atom is -0.493 e. The third-order valence-corrected chi connectivity index (χ3v) is 9.18. The van der Waals surface area contributed by atoms with E-state index in [9.17, 15) is 79.4 Å². The van der Waals surface area contributed by atoms with Crippen LogP contribution in [-0.2, 0) is 11.2 Å². The van der Waals surface area contributed by atoms with Crippen molar-refractivity contribution < 1.29 is 88.9 Å². The van der Waals surface area contributed by atoms with E-state index in [2.05, 4.69) is 6.92 Å². The summed E-state index contributed by atoms with van der Waals surface area (Å²) in [5.41, 5.74) is -0.0965. The van der Waals surface area contributed by atoms with Gasteiger partial charge in [0.05, 0.1) is 7.11 Å². The molecule has 0 bridgehead atoms. The van der Waals surface area contributed by atoms with Crippen molar-refractivity contribution in [2.24, 2.45) is 0 Å². The van der Waals surface area contributed by atoms with Gasteiger partial charge in [0.15, 0.2) is 11.5 Å². The normalized spacial score (nSPS) is 14.0. The summed E-state index contributed by atoms with van der Waals surface area (Å²) >= 11 is 0. The number of unbranched alkanes of at least 4 members (excludes halogenated alkanes) is 14. The molecule has 3 nitrogen and oxygen atoms in total. The van der Waals surface area contributed by atoms with E-state index in [1.54, 1.807) is 0 Å². The number of methoxy groups -OCH3 is 1. The van der Waals surface area contributed by atoms with Crippen LogP contribution < -0.4 is 9.47 Å². The first kappa shape index (κ1) is 51.3. The molecule has 0 saturated carbocycles. The molecule has 56 heavy (non-hydrogen) atoms. The van der Waals surface area contributed by atoms with E-state index in [4.69, 9.17) is 9.47 Å². The number of hydrogen-bond donors (Lipinski definition) is 0. The van der Waals surface area contributed by atoms with Crippen molar-refractivity contribution >= 4 is 5.97 Å². The van der Waals surface area contributed by atoms with E-state index < -0.39 is 72.9 Å². The smallest absolute Gasteiger partial charge is 0.460 e. The number of hydrogen-bond acceptors (Lipinski definition) is 3. The van der Waals surface area contributed by atoms with Crippen LogP contribution in [-0.4, -0.2) is 60.7 Å². The Labute approximate surface area is 314 Å². The zero-order valence-electron chi connectivity index (χ0n) is 30.8. The van der Waals surface area contributed by atoms with Crippen molar-refractivity contribution in [3.05, 3.63) is 23.8 Å². The van der Waals surface area contributed by atoms with Crippen molar-refractivity contribution in [2.75, 3.05) is 7.11 Å². The number of ether oxygens (including phenoxy) is 2.